The highest BCUT2D eigenvalue weighted by Crippen LogP contribution is 2.48. The molecule has 1 amide bonds. The van der Waals surface area contributed by atoms with Crippen molar-refractivity contribution in [1.82, 2.24) is 5.32 Å². The van der Waals surface area contributed by atoms with Gasteiger partial charge in [-0.25, -0.2) is 8.42 Å². The Kier molecular flexibility index (Phi) is 6.59. The second-order valence-electron chi connectivity index (χ2n) is 8.73. The molecule has 0 aliphatic heterocycles. The Morgan fingerprint density at radius 1 is 1.11 bits per heavy atom. The third-order valence-corrected chi connectivity index (χ3v) is 7.62. The fourth-order valence-electron chi connectivity index (χ4n) is 4.32. The molecule has 1 fully saturated rings. The molecule has 0 radical (unpaired) electrons. The predicted octanol–water partition coefficient (Wildman–Crippen LogP) is 5.76. The lowest BCUT2D eigenvalue weighted by molar-refractivity contribution is 0.0964. The van der Waals surface area contributed by atoms with E-state index < -0.39 is 10.9 Å². The first-order valence-corrected chi connectivity index (χ1v) is 13.2. The summed E-state index contributed by atoms with van der Waals surface area (Å²) in [6.07, 6.45) is 1.87. The molecule has 0 spiro atoms. The fourth-order valence-corrected chi connectivity index (χ4v) is 5.28. The quantitative estimate of drug-likeness (QED) is 0.203. The van der Waals surface area contributed by atoms with Crippen LogP contribution in [0.25, 0.3) is 22.3 Å². The normalized spacial score (nSPS) is 13.3. The van der Waals surface area contributed by atoms with E-state index in [-0.39, 0.29) is 18.4 Å². The molecule has 0 saturated heterocycles. The third-order valence-electron chi connectivity index (χ3n) is 6.29. The van der Waals surface area contributed by atoms with E-state index in [9.17, 15) is 13.2 Å². The minimum atomic E-state index is -2.99. The number of furan rings is 1. The Morgan fingerprint density at radius 2 is 1.83 bits per heavy atom. The van der Waals surface area contributed by atoms with Gasteiger partial charge in [-0.05, 0) is 72.4 Å². The topological polar surface area (TPSA) is 106 Å². The molecule has 186 valence electrons. The molecule has 1 aromatic heterocycles. The van der Waals surface area contributed by atoms with E-state index >= 15 is 0 Å². The van der Waals surface area contributed by atoms with Gasteiger partial charge in [0, 0.05) is 29.1 Å². The number of carbonyl (C=O) groups is 1. The van der Waals surface area contributed by atoms with Gasteiger partial charge in [0.1, 0.15) is 11.3 Å². The highest BCUT2D eigenvalue weighted by Gasteiger charge is 2.31. The maximum Gasteiger partial charge on any atom is 0.255 e. The molecule has 1 aliphatic carbocycles. The lowest BCUT2D eigenvalue weighted by Crippen LogP contribution is -2.22. The summed E-state index contributed by atoms with van der Waals surface area (Å²) in [6, 6.07) is 15.7. The largest absolute Gasteiger partial charge is 0.455 e. The molecule has 10 heteroatoms. The van der Waals surface area contributed by atoms with Gasteiger partial charge in [-0.3, -0.25) is 9.10 Å². The smallest absolute Gasteiger partial charge is 0.255 e. The van der Waals surface area contributed by atoms with E-state index in [2.05, 4.69) is 5.32 Å². The molecule has 0 atom stereocenters. The van der Waals surface area contributed by atoms with E-state index in [1.807, 2.05) is 6.07 Å². The number of nitrogens with zero attached hydrogens (tertiary/aromatic N) is 1. The van der Waals surface area contributed by atoms with Crippen molar-refractivity contribution in [3.8, 4) is 11.3 Å². The van der Waals surface area contributed by atoms with Crippen molar-refractivity contribution >= 4 is 62.3 Å². The zero-order valence-corrected chi connectivity index (χ0v) is 21.7. The van der Waals surface area contributed by atoms with Crippen molar-refractivity contribution < 1.29 is 17.6 Å². The summed E-state index contributed by atoms with van der Waals surface area (Å²) in [5.74, 6) is 0.294. The average Bonchev–Trinajstić information content (AvgIpc) is 3.64. The number of hydrogen-bond acceptors (Lipinski definition) is 5. The van der Waals surface area contributed by atoms with Crippen molar-refractivity contribution in [2.45, 2.75) is 25.3 Å². The predicted molar refractivity (Wildman–Crippen MR) is 144 cm³/mol. The summed E-state index contributed by atoms with van der Waals surface area (Å²) >= 11 is 12.2. The summed E-state index contributed by atoms with van der Waals surface area (Å²) in [5.41, 5.74) is 9.81. The van der Waals surface area contributed by atoms with Crippen molar-refractivity contribution in [1.29, 1.82) is 0 Å². The van der Waals surface area contributed by atoms with Crippen LogP contribution in [-0.4, -0.2) is 21.4 Å². The van der Waals surface area contributed by atoms with Gasteiger partial charge in [0.15, 0.2) is 0 Å². The van der Waals surface area contributed by atoms with Crippen LogP contribution in [0.5, 0.6) is 0 Å². The molecule has 0 unspecified atom stereocenters. The SMILES string of the molecule is CNC(=O)c1c(-c2ccc(Cl)cc2)oc2cc(N(Cc3ccc(N)c(Cl)c3)[SH](=O)=O)c(C3CC3)cc12. The number of fused-ring (bicyclic) bond motifs is 1. The van der Waals surface area contributed by atoms with Crippen LogP contribution in [0, 0.1) is 0 Å². The van der Waals surface area contributed by atoms with Crippen molar-refractivity contribution in [3.63, 3.8) is 0 Å². The summed E-state index contributed by atoms with van der Waals surface area (Å²) in [7, 11) is -1.43. The highest BCUT2D eigenvalue weighted by molar-refractivity contribution is 7.74. The number of amides is 1. The zero-order chi connectivity index (χ0) is 25.6. The zero-order valence-electron chi connectivity index (χ0n) is 19.3. The van der Waals surface area contributed by atoms with Crippen LogP contribution in [0.4, 0.5) is 11.4 Å². The molecule has 4 aromatic rings. The molecule has 5 rings (SSSR count). The van der Waals surface area contributed by atoms with Crippen LogP contribution in [0.2, 0.25) is 10.0 Å². The number of halogens is 2. The fraction of sp³-hybridized carbons (Fsp3) is 0.192. The van der Waals surface area contributed by atoms with E-state index in [0.29, 0.717) is 54.8 Å². The molecule has 1 heterocycles. The molecular weight excluding hydrogens is 521 g/mol. The Balaban J connectivity index is 1.69. The lowest BCUT2D eigenvalue weighted by atomic mass is 10.00. The maximum absolute atomic E-state index is 12.9. The maximum atomic E-state index is 12.9. The van der Waals surface area contributed by atoms with Crippen LogP contribution < -0.4 is 15.4 Å². The van der Waals surface area contributed by atoms with Gasteiger partial charge in [-0.15, -0.1) is 0 Å². The van der Waals surface area contributed by atoms with Crippen LogP contribution in [0.3, 0.4) is 0 Å². The Labute approximate surface area is 219 Å². The summed E-state index contributed by atoms with van der Waals surface area (Å²) in [4.78, 5) is 12.9. The standard InChI is InChI=1S/C26H23Cl2N3O4S/c1-30-26(32)24-19-11-18(15-3-4-15)22(12-23(19)35-25(24)16-5-7-17(27)8-6-16)31(36(33)34)13-14-2-9-21(29)20(28)10-14/h2,5-12,15,36H,3-4,13,29H2,1H3,(H,30,32). The molecule has 7 nitrogen and oxygen atoms in total. The van der Waals surface area contributed by atoms with Crippen LogP contribution in [0.1, 0.15) is 40.2 Å². The molecule has 1 aliphatic rings. The molecule has 36 heavy (non-hydrogen) atoms. The first-order chi connectivity index (χ1) is 17.3. The average molecular weight is 544 g/mol. The number of thiol groups is 1. The van der Waals surface area contributed by atoms with Gasteiger partial charge in [0.05, 0.1) is 28.5 Å². The number of rotatable bonds is 7. The number of benzene rings is 3. The second-order valence-corrected chi connectivity index (χ2v) is 10.5. The number of anilines is 2. The summed E-state index contributed by atoms with van der Waals surface area (Å²) in [5, 5.41) is 4.24. The molecule has 3 N–H and O–H groups in total. The summed E-state index contributed by atoms with van der Waals surface area (Å²) in [6.45, 7) is 0.0803. The monoisotopic (exact) mass is 543 g/mol. The lowest BCUT2D eigenvalue weighted by Gasteiger charge is -2.21. The van der Waals surface area contributed by atoms with E-state index in [4.69, 9.17) is 33.4 Å². The Hall–Kier alpha value is -3.20. The number of nitrogens with two attached hydrogens (primary N) is 1. The van der Waals surface area contributed by atoms with Gasteiger partial charge >= 0.3 is 0 Å². The summed E-state index contributed by atoms with van der Waals surface area (Å²) < 4.78 is 32.4. The first-order valence-electron chi connectivity index (χ1n) is 11.3. The molecule has 1 saturated carbocycles. The molecule has 3 aromatic carbocycles. The highest BCUT2D eigenvalue weighted by atomic mass is 35.5. The van der Waals surface area contributed by atoms with Crippen molar-refractivity contribution in [3.05, 3.63) is 81.3 Å². The van der Waals surface area contributed by atoms with Crippen LogP contribution >= 0.6 is 23.2 Å². The Bertz CT molecular complexity index is 1550. The number of carbonyl (C=O) groups excluding carboxylic acids is 1. The first kappa shape index (κ1) is 24.5. The van der Waals surface area contributed by atoms with E-state index in [0.717, 1.165) is 18.4 Å². The van der Waals surface area contributed by atoms with Gasteiger partial charge in [0.2, 0.25) is 10.9 Å². The minimum Gasteiger partial charge on any atom is -0.455 e. The van der Waals surface area contributed by atoms with Gasteiger partial charge < -0.3 is 15.5 Å². The molecule has 0 bridgehead atoms. The number of nitrogen functional groups attached to an aromatic ring is 1. The van der Waals surface area contributed by atoms with E-state index in [1.54, 1.807) is 55.6 Å². The Morgan fingerprint density at radius 3 is 2.44 bits per heavy atom. The second kappa shape index (κ2) is 9.69. The van der Waals surface area contributed by atoms with Crippen molar-refractivity contribution in [2.24, 2.45) is 0 Å². The number of nitrogens with one attached hydrogen (secondary N) is 1. The third kappa shape index (κ3) is 4.64. The molecular formula is C26H23Cl2N3O4S. The van der Waals surface area contributed by atoms with E-state index in [1.165, 1.54) is 4.31 Å². The van der Waals surface area contributed by atoms with Crippen LogP contribution in [0.15, 0.2) is 59.0 Å². The van der Waals surface area contributed by atoms with Crippen molar-refractivity contribution in [2.75, 3.05) is 17.1 Å². The van der Waals surface area contributed by atoms with Gasteiger partial charge in [-0.2, -0.15) is 0 Å². The van der Waals surface area contributed by atoms with Crippen LogP contribution in [-0.2, 0) is 17.4 Å². The number of hydrogen-bond donors (Lipinski definition) is 3. The van der Waals surface area contributed by atoms with Gasteiger partial charge in [-0.1, -0.05) is 29.3 Å². The van der Waals surface area contributed by atoms with Gasteiger partial charge in [0.25, 0.3) is 5.91 Å². The minimum absolute atomic E-state index is 0.0803.